The van der Waals surface area contributed by atoms with E-state index in [2.05, 4.69) is 34.3 Å². The maximum atomic E-state index is 12.1. The van der Waals surface area contributed by atoms with Crippen LogP contribution in [-0.4, -0.2) is 22.0 Å². The van der Waals surface area contributed by atoms with Crippen molar-refractivity contribution < 1.29 is 19.8 Å². The molecule has 8 N–H and O–H groups in total. The number of carbonyl (C=O) groups excluding carboxylic acids is 2. The van der Waals surface area contributed by atoms with Crippen LogP contribution in [0.4, 0.5) is 0 Å². The largest absolute Gasteiger partial charge is 0.376 e. The number of hydrogen-bond acceptors (Lipinski definition) is 6. The highest BCUT2D eigenvalue weighted by molar-refractivity contribution is 5.94. The first kappa shape index (κ1) is 34.2. The number of amides is 2. The average Bonchev–Trinajstić information content (AvgIpc) is 2.97. The molecule has 0 radical (unpaired) electrons. The Labute approximate surface area is 246 Å². The molecular formula is C30H32Cl2N4O4. The summed E-state index contributed by atoms with van der Waals surface area (Å²) in [5.74, 6) is 8.68. The molecule has 10 heteroatoms. The van der Waals surface area contributed by atoms with E-state index in [9.17, 15) is 19.8 Å². The van der Waals surface area contributed by atoms with Crippen molar-refractivity contribution in [1.82, 2.24) is 10.6 Å². The fourth-order valence-electron chi connectivity index (χ4n) is 3.37. The highest BCUT2D eigenvalue weighted by Gasteiger charge is 2.10. The molecule has 0 fully saturated rings. The van der Waals surface area contributed by atoms with Crippen LogP contribution in [0, 0.1) is 23.7 Å². The minimum absolute atomic E-state index is 0. The first-order valence-electron chi connectivity index (χ1n) is 12.0. The Balaban J connectivity index is 0.00000400. The lowest BCUT2D eigenvalue weighted by atomic mass is 10.0. The molecule has 2 amide bonds. The Kier molecular flexibility index (Phi) is 15.1. The number of carbonyl (C=O) groups is 2. The standard InChI is InChI=1S/C30H30N4O4.2ClH/c31-17-21-4-8-23(9-5-21)19-33-29(37)14-12-27(35)25-2-1-3-26(16-25)28(36)13-15-30(38)34-20-24-10-6-22(18-32)7-11-24;;/h1-11,16,27-28,35-36H,17-20,31-32H2,(H,33,37)(H,34,38);2*1H. The molecule has 40 heavy (non-hydrogen) atoms. The summed E-state index contributed by atoms with van der Waals surface area (Å²) >= 11 is 0. The van der Waals surface area contributed by atoms with E-state index in [0.717, 1.165) is 22.3 Å². The van der Waals surface area contributed by atoms with Crippen molar-refractivity contribution in [1.29, 1.82) is 0 Å². The van der Waals surface area contributed by atoms with E-state index in [1.54, 1.807) is 18.2 Å². The first-order valence-corrected chi connectivity index (χ1v) is 12.0. The number of halogens is 2. The van der Waals surface area contributed by atoms with Crippen LogP contribution < -0.4 is 22.1 Å². The molecule has 0 bridgehead atoms. The summed E-state index contributed by atoms with van der Waals surface area (Å²) in [7, 11) is 0. The average molecular weight is 584 g/mol. The van der Waals surface area contributed by atoms with Gasteiger partial charge < -0.3 is 32.3 Å². The molecule has 3 aromatic rings. The fraction of sp³-hybridized carbons (Fsp3) is 0.200. The van der Waals surface area contributed by atoms with Gasteiger partial charge in [-0.15, -0.1) is 24.8 Å². The quantitative estimate of drug-likeness (QED) is 0.224. The number of benzene rings is 3. The summed E-state index contributed by atoms with van der Waals surface area (Å²) in [6, 6.07) is 21.4. The molecule has 210 valence electrons. The summed E-state index contributed by atoms with van der Waals surface area (Å²) in [6.07, 6.45) is -2.50. The second-order valence-corrected chi connectivity index (χ2v) is 8.42. The van der Waals surface area contributed by atoms with Crippen molar-refractivity contribution in [2.45, 2.75) is 38.4 Å². The lowest BCUT2D eigenvalue weighted by Crippen LogP contribution is -2.21. The maximum Gasteiger partial charge on any atom is 0.296 e. The van der Waals surface area contributed by atoms with E-state index in [-0.39, 0.29) is 24.8 Å². The van der Waals surface area contributed by atoms with E-state index in [1.165, 1.54) is 6.07 Å². The third-order valence-electron chi connectivity index (χ3n) is 5.61. The van der Waals surface area contributed by atoms with E-state index >= 15 is 0 Å². The zero-order chi connectivity index (χ0) is 27.3. The van der Waals surface area contributed by atoms with Gasteiger partial charge in [0.05, 0.1) is 0 Å². The predicted octanol–water partition coefficient (Wildman–Crippen LogP) is 2.15. The SMILES string of the molecule is Cl.Cl.NCc1ccc(CNC(=O)C#CC(O)c2cccc(C(O)C#CC(=O)NCc3ccc(CN)cc3)c2)cc1. The smallest absolute Gasteiger partial charge is 0.296 e. The second kappa shape index (κ2) is 17.7. The van der Waals surface area contributed by atoms with Crippen LogP contribution in [0.5, 0.6) is 0 Å². The molecule has 8 nitrogen and oxygen atoms in total. The Hall–Kier alpha value is -3.86. The molecule has 3 aromatic carbocycles. The molecule has 2 unspecified atom stereocenters. The number of nitrogens with two attached hydrogens (primary N) is 2. The summed E-state index contributed by atoms with van der Waals surface area (Å²) in [5, 5.41) is 26.1. The van der Waals surface area contributed by atoms with Gasteiger partial charge in [0.25, 0.3) is 11.8 Å². The molecule has 0 saturated heterocycles. The van der Waals surface area contributed by atoms with Gasteiger partial charge in [-0.2, -0.15) is 0 Å². The topological polar surface area (TPSA) is 151 Å². The van der Waals surface area contributed by atoms with Gasteiger partial charge in [0.15, 0.2) is 0 Å². The second-order valence-electron chi connectivity index (χ2n) is 8.42. The Morgan fingerprint density at radius 1 is 0.650 bits per heavy atom. The van der Waals surface area contributed by atoms with Gasteiger partial charge in [-0.25, -0.2) is 0 Å². The van der Waals surface area contributed by atoms with E-state index in [1.807, 2.05) is 48.5 Å². The monoisotopic (exact) mass is 582 g/mol. The first-order chi connectivity index (χ1) is 18.4. The number of hydrogen-bond donors (Lipinski definition) is 6. The highest BCUT2D eigenvalue weighted by Crippen LogP contribution is 2.18. The Morgan fingerprint density at radius 2 is 1.00 bits per heavy atom. The van der Waals surface area contributed by atoms with Crippen LogP contribution in [0.25, 0.3) is 0 Å². The van der Waals surface area contributed by atoms with Gasteiger partial charge in [-0.05, 0) is 51.3 Å². The van der Waals surface area contributed by atoms with Gasteiger partial charge in [-0.1, -0.05) is 78.6 Å². The number of rotatable bonds is 8. The molecule has 0 spiro atoms. The van der Waals surface area contributed by atoms with Crippen LogP contribution in [0.2, 0.25) is 0 Å². The summed E-state index contributed by atoms with van der Waals surface area (Å²) in [4.78, 5) is 24.1. The van der Waals surface area contributed by atoms with Gasteiger partial charge >= 0.3 is 0 Å². The molecule has 0 aliphatic rings. The summed E-state index contributed by atoms with van der Waals surface area (Å²) in [5.41, 5.74) is 15.7. The third-order valence-corrected chi connectivity index (χ3v) is 5.61. The number of aliphatic hydroxyl groups excluding tert-OH is 2. The van der Waals surface area contributed by atoms with Gasteiger partial charge in [0, 0.05) is 26.2 Å². The highest BCUT2D eigenvalue weighted by atomic mass is 35.5. The lowest BCUT2D eigenvalue weighted by Gasteiger charge is -2.09. The molecule has 2 atom stereocenters. The minimum atomic E-state index is -1.25. The van der Waals surface area contributed by atoms with Crippen LogP contribution in [0.15, 0.2) is 72.8 Å². The van der Waals surface area contributed by atoms with Crippen molar-refractivity contribution in [3.63, 3.8) is 0 Å². The van der Waals surface area contributed by atoms with Crippen LogP contribution in [0.3, 0.4) is 0 Å². The Morgan fingerprint density at radius 3 is 1.35 bits per heavy atom. The predicted molar refractivity (Wildman–Crippen MR) is 159 cm³/mol. The molecule has 3 rings (SSSR count). The Bertz CT molecular complexity index is 1270. The molecule has 0 aliphatic heterocycles. The zero-order valence-corrected chi connectivity index (χ0v) is 23.2. The number of nitrogens with one attached hydrogen (secondary N) is 2. The molecular weight excluding hydrogens is 551 g/mol. The molecule has 0 saturated carbocycles. The van der Waals surface area contributed by atoms with Gasteiger partial charge in [-0.3, -0.25) is 9.59 Å². The van der Waals surface area contributed by atoms with Crippen molar-refractivity contribution >= 4 is 36.6 Å². The van der Waals surface area contributed by atoms with Crippen LogP contribution in [0.1, 0.15) is 45.6 Å². The molecule has 0 aliphatic carbocycles. The zero-order valence-electron chi connectivity index (χ0n) is 21.6. The maximum absolute atomic E-state index is 12.1. The van der Waals surface area contributed by atoms with E-state index in [0.29, 0.717) is 37.3 Å². The van der Waals surface area contributed by atoms with Gasteiger partial charge in [0.1, 0.15) is 12.2 Å². The lowest BCUT2D eigenvalue weighted by molar-refractivity contribution is -0.116. The van der Waals surface area contributed by atoms with Crippen LogP contribution >= 0.6 is 24.8 Å². The van der Waals surface area contributed by atoms with E-state index < -0.39 is 24.0 Å². The van der Waals surface area contributed by atoms with Crippen molar-refractivity contribution in [2.24, 2.45) is 11.5 Å². The molecule has 0 aromatic heterocycles. The van der Waals surface area contributed by atoms with Crippen molar-refractivity contribution in [3.8, 4) is 23.7 Å². The molecule has 0 heterocycles. The van der Waals surface area contributed by atoms with Crippen LogP contribution in [-0.2, 0) is 35.8 Å². The summed E-state index contributed by atoms with van der Waals surface area (Å²) < 4.78 is 0. The van der Waals surface area contributed by atoms with E-state index in [4.69, 9.17) is 11.5 Å². The van der Waals surface area contributed by atoms with Crippen molar-refractivity contribution in [3.05, 3.63) is 106 Å². The van der Waals surface area contributed by atoms with Gasteiger partial charge in [0.2, 0.25) is 0 Å². The fourth-order valence-corrected chi connectivity index (χ4v) is 3.37. The van der Waals surface area contributed by atoms with Crippen molar-refractivity contribution in [2.75, 3.05) is 0 Å². The third kappa shape index (κ3) is 11.1. The summed E-state index contributed by atoms with van der Waals surface area (Å²) in [6.45, 7) is 1.48. The minimum Gasteiger partial charge on any atom is -0.376 e. The number of aliphatic hydroxyl groups is 2. The normalized spacial score (nSPS) is 11.1.